The Labute approximate surface area is 120 Å². The molecule has 1 aromatic rings. The van der Waals surface area contributed by atoms with Crippen LogP contribution < -0.4 is 14.2 Å². The van der Waals surface area contributed by atoms with Gasteiger partial charge < -0.3 is 9.47 Å². The standard InChI is InChI=1S/C14H21NO4S/c1-14(2,3)19-13-9-11(18-10-5-6-10)7-8-12(13)15-20(4,16)17/h7-10,15H,5-6H2,1-4H3. The largest absolute Gasteiger partial charge is 0.490 e. The predicted octanol–water partition coefficient (Wildman–Crippen LogP) is 2.78. The van der Waals surface area contributed by atoms with Crippen LogP contribution in [0, 0.1) is 0 Å². The van der Waals surface area contributed by atoms with Gasteiger partial charge in [-0.15, -0.1) is 0 Å². The molecule has 1 aromatic carbocycles. The molecule has 2 rings (SSSR count). The fraction of sp³-hybridized carbons (Fsp3) is 0.571. The smallest absolute Gasteiger partial charge is 0.229 e. The summed E-state index contributed by atoms with van der Waals surface area (Å²) < 4.78 is 36.8. The molecule has 1 aliphatic carbocycles. The van der Waals surface area contributed by atoms with Crippen molar-refractivity contribution < 1.29 is 17.9 Å². The van der Waals surface area contributed by atoms with Crippen molar-refractivity contribution in [2.75, 3.05) is 11.0 Å². The first-order valence-electron chi connectivity index (χ1n) is 6.60. The number of hydrogen-bond acceptors (Lipinski definition) is 4. The van der Waals surface area contributed by atoms with Gasteiger partial charge >= 0.3 is 0 Å². The van der Waals surface area contributed by atoms with Gasteiger partial charge in [0.15, 0.2) is 0 Å². The molecule has 0 spiro atoms. The van der Waals surface area contributed by atoms with E-state index in [4.69, 9.17) is 9.47 Å². The summed E-state index contributed by atoms with van der Waals surface area (Å²) >= 11 is 0. The summed E-state index contributed by atoms with van der Waals surface area (Å²) in [5.74, 6) is 1.17. The van der Waals surface area contributed by atoms with Gasteiger partial charge in [0.2, 0.25) is 10.0 Å². The average molecular weight is 299 g/mol. The lowest BCUT2D eigenvalue weighted by Gasteiger charge is -2.24. The van der Waals surface area contributed by atoms with Crippen molar-refractivity contribution in [1.29, 1.82) is 0 Å². The van der Waals surface area contributed by atoms with Gasteiger partial charge in [-0.25, -0.2) is 8.42 Å². The second kappa shape index (κ2) is 5.16. The Hall–Kier alpha value is -1.43. The van der Waals surface area contributed by atoms with E-state index in [2.05, 4.69) is 4.72 Å². The molecule has 0 heterocycles. The maximum atomic E-state index is 11.4. The highest BCUT2D eigenvalue weighted by molar-refractivity contribution is 7.92. The molecule has 0 bridgehead atoms. The Morgan fingerprint density at radius 3 is 2.40 bits per heavy atom. The zero-order valence-corrected chi connectivity index (χ0v) is 13.1. The monoisotopic (exact) mass is 299 g/mol. The fourth-order valence-corrected chi connectivity index (χ4v) is 2.22. The maximum Gasteiger partial charge on any atom is 0.229 e. The van der Waals surface area contributed by atoms with Crippen LogP contribution in [-0.4, -0.2) is 26.4 Å². The Bertz CT molecular complexity index is 586. The molecular formula is C14H21NO4S. The first-order valence-corrected chi connectivity index (χ1v) is 8.49. The lowest BCUT2D eigenvalue weighted by atomic mass is 10.2. The number of ether oxygens (including phenoxy) is 2. The summed E-state index contributed by atoms with van der Waals surface area (Å²) in [4.78, 5) is 0. The zero-order chi connectivity index (χ0) is 15.0. The summed E-state index contributed by atoms with van der Waals surface area (Å²) in [7, 11) is -3.35. The van der Waals surface area contributed by atoms with Crippen molar-refractivity contribution in [3.05, 3.63) is 18.2 Å². The van der Waals surface area contributed by atoms with Gasteiger partial charge in [-0.2, -0.15) is 0 Å². The molecule has 0 saturated heterocycles. The van der Waals surface area contributed by atoms with Crippen LogP contribution in [0.4, 0.5) is 5.69 Å². The summed E-state index contributed by atoms with van der Waals surface area (Å²) in [6, 6.07) is 5.15. The quantitative estimate of drug-likeness (QED) is 0.908. The van der Waals surface area contributed by atoms with E-state index in [9.17, 15) is 8.42 Å². The molecule has 20 heavy (non-hydrogen) atoms. The number of nitrogens with one attached hydrogen (secondary N) is 1. The Morgan fingerprint density at radius 2 is 1.90 bits per heavy atom. The van der Waals surface area contributed by atoms with Gasteiger partial charge in [-0.05, 0) is 45.7 Å². The van der Waals surface area contributed by atoms with Crippen molar-refractivity contribution in [2.45, 2.75) is 45.3 Å². The number of anilines is 1. The minimum Gasteiger partial charge on any atom is -0.490 e. The van der Waals surface area contributed by atoms with Crippen LogP contribution in [0.1, 0.15) is 33.6 Å². The summed E-state index contributed by atoms with van der Waals surface area (Å²) in [5, 5.41) is 0. The number of benzene rings is 1. The lowest BCUT2D eigenvalue weighted by Crippen LogP contribution is -2.24. The zero-order valence-electron chi connectivity index (χ0n) is 12.3. The minimum absolute atomic E-state index is 0.284. The predicted molar refractivity (Wildman–Crippen MR) is 78.9 cm³/mol. The Morgan fingerprint density at radius 1 is 1.25 bits per heavy atom. The number of rotatable bonds is 5. The van der Waals surface area contributed by atoms with Crippen molar-refractivity contribution in [3.8, 4) is 11.5 Å². The number of sulfonamides is 1. The number of hydrogen-bond donors (Lipinski definition) is 1. The average Bonchev–Trinajstić information content (AvgIpc) is 3.02. The molecule has 0 amide bonds. The third-order valence-electron chi connectivity index (χ3n) is 2.49. The van der Waals surface area contributed by atoms with Crippen LogP contribution in [0.3, 0.4) is 0 Å². The van der Waals surface area contributed by atoms with Gasteiger partial charge in [0, 0.05) is 6.07 Å². The van der Waals surface area contributed by atoms with Crippen molar-refractivity contribution in [2.24, 2.45) is 0 Å². The first-order chi connectivity index (χ1) is 9.12. The van der Waals surface area contributed by atoms with E-state index in [1.807, 2.05) is 20.8 Å². The summed E-state index contributed by atoms with van der Waals surface area (Å²) in [5.41, 5.74) is -0.00264. The van der Waals surface area contributed by atoms with E-state index >= 15 is 0 Å². The Balaban J connectivity index is 2.28. The van der Waals surface area contributed by atoms with Crippen LogP contribution in [0.5, 0.6) is 11.5 Å². The second-order valence-electron chi connectivity index (χ2n) is 6.06. The highest BCUT2D eigenvalue weighted by Gasteiger charge is 2.24. The third kappa shape index (κ3) is 4.92. The molecule has 0 unspecified atom stereocenters. The molecular weight excluding hydrogens is 278 g/mol. The SMILES string of the molecule is CC(C)(C)Oc1cc(OC2CC2)ccc1NS(C)(=O)=O. The van der Waals surface area contributed by atoms with E-state index in [1.54, 1.807) is 18.2 Å². The van der Waals surface area contributed by atoms with E-state index < -0.39 is 15.6 Å². The van der Waals surface area contributed by atoms with Gasteiger partial charge in [0.25, 0.3) is 0 Å². The lowest BCUT2D eigenvalue weighted by molar-refractivity contribution is 0.131. The molecule has 6 heteroatoms. The van der Waals surface area contributed by atoms with Crippen LogP contribution in [-0.2, 0) is 10.0 Å². The van der Waals surface area contributed by atoms with Crippen LogP contribution in [0.15, 0.2) is 18.2 Å². The molecule has 112 valence electrons. The molecule has 1 N–H and O–H groups in total. The van der Waals surface area contributed by atoms with Crippen molar-refractivity contribution >= 4 is 15.7 Å². The van der Waals surface area contributed by atoms with E-state index in [-0.39, 0.29) is 6.10 Å². The van der Waals surface area contributed by atoms with E-state index in [0.29, 0.717) is 17.2 Å². The molecule has 0 aliphatic heterocycles. The molecule has 1 aliphatic rings. The van der Waals surface area contributed by atoms with E-state index in [1.165, 1.54) is 0 Å². The van der Waals surface area contributed by atoms with Crippen molar-refractivity contribution in [3.63, 3.8) is 0 Å². The van der Waals surface area contributed by atoms with Gasteiger partial charge in [-0.3, -0.25) is 4.72 Å². The van der Waals surface area contributed by atoms with Gasteiger partial charge in [0.05, 0.1) is 18.0 Å². The molecule has 0 aromatic heterocycles. The topological polar surface area (TPSA) is 64.6 Å². The van der Waals surface area contributed by atoms with Crippen LogP contribution in [0.2, 0.25) is 0 Å². The highest BCUT2D eigenvalue weighted by Crippen LogP contribution is 2.35. The van der Waals surface area contributed by atoms with E-state index in [0.717, 1.165) is 19.1 Å². The van der Waals surface area contributed by atoms with Crippen LogP contribution >= 0.6 is 0 Å². The van der Waals surface area contributed by atoms with Crippen LogP contribution in [0.25, 0.3) is 0 Å². The fourth-order valence-electron chi connectivity index (χ4n) is 1.65. The molecule has 1 saturated carbocycles. The maximum absolute atomic E-state index is 11.4. The normalized spacial score (nSPS) is 15.8. The summed E-state index contributed by atoms with van der Waals surface area (Å²) in [6.07, 6.45) is 3.53. The molecule has 1 fully saturated rings. The first kappa shape index (κ1) is 15.0. The second-order valence-corrected chi connectivity index (χ2v) is 7.81. The highest BCUT2D eigenvalue weighted by atomic mass is 32.2. The van der Waals surface area contributed by atoms with Crippen molar-refractivity contribution in [1.82, 2.24) is 0 Å². The molecule has 0 atom stereocenters. The van der Waals surface area contributed by atoms with Gasteiger partial charge in [-0.1, -0.05) is 0 Å². The third-order valence-corrected chi connectivity index (χ3v) is 3.08. The van der Waals surface area contributed by atoms with Gasteiger partial charge in [0.1, 0.15) is 17.1 Å². The minimum atomic E-state index is -3.35. The molecule has 5 nitrogen and oxygen atoms in total. The Kier molecular flexibility index (Phi) is 3.86. The molecule has 0 radical (unpaired) electrons. The summed E-state index contributed by atoms with van der Waals surface area (Å²) in [6.45, 7) is 5.73.